The summed E-state index contributed by atoms with van der Waals surface area (Å²) in [5, 5.41) is 0. The summed E-state index contributed by atoms with van der Waals surface area (Å²) in [4.78, 5) is 2.35. The number of nitrogens with zero attached hydrogens (tertiary/aromatic N) is 1. The average Bonchev–Trinajstić information content (AvgIpc) is 2.90. The van der Waals surface area contributed by atoms with Crippen LogP contribution in [0.15, 0.2) is 60.7 Å². The molecule has 133 valence electrons. The minimum absolute atomic E-state index is 0. The molecule has 0 fully saturated rings. The molecule has 2 aromatic rings. The van der Waals surface area contributed by atoms with Crippen LogP contribution in [0.1, 0.15) is 27.2 Å². The van der Waals surface area contributed by atoms with Gasteiger partial charge in [-0.15, -0.1) is 0 Å². The Balaban J connectivity index is 0.00000192. The molecule has 1 nitrogen and oxygen atoms in total. The molecule has 0 heterocycles. The molecule has 0 aromatic heterocycles. The maximum absolute atomic E-state index is 2.48. The minimum atomic E-state index is -0.712. The van der Waals surface area contributed by atoms with E-state index in [0.717, 1.165) is 6.54 Å². The van der Waals surface area contributed by atoms with Crippen LogP contribution in [0.4, 0.5) is 0 Å². The van der Waals surface area contributed by atoms with Crippen LogP contribution in [-0.2, 0) is 26.4 Å². The van der Waals surface area contributed by atoms with Crippen LogP contribution in [0, 0.1) is 0 Å². The van der Waals surface area contributed by atoms with Gasteiger partial charge in [0.05, 0.1) is 0 Å². The van der Waals surface area contributed by atoms with E-state index in [1.165, 1.54) is 11.1 Å². The summed E-state index contributed by atoms with van der Waals surface area (Å²) in [5.41, 5.74) is 4.48. The van der Waals surface area contributed by atoms with Gasteiger partial charge in [0, 0.05) is 0 Å². The standard InChI is InChI=1S/C11H16N.C9H7.3ClH.Zr/c1-10(9-12(2)3)11-7-5-4-6-8-11;1-2-5-9-7-3-6-8(9)4-1;;;;/h4-8H,9H2,1-3H3;1-7H;3*1H;/q;;;;;+3/p-3. The summed E-state index contributed by atoms with van der Waals surface area (Å²) >= 11 is -0.712. The van der Waals surface area contributed by atoms with Gasteiger partial charge in [-0.25, -0.2) is 0 Å². The zero-order chi connectivity index (χ0) is 15.6. The number of allylic oxidation sites excluding steroid dienone is 1. The number of halogens is 3. The Hall–Kier alpha value is -0.107. The van der Waals surface area contributed by atoms with E-state index in [1.807, 2.05) is 0 Å². The van der Waals surface area contributed by atoms with Crippen molar-refractivity contribution in [1.82, 2.24) is 4.90 Å². The SMILES string of the molecule is CN(C)C[C](C)([Zr+3][CH]1C=Cc2ccccc21)c1ccccc1.[Cl-].[Cl-].[Cl-]. The molecule has 0 bridgehead atoms. The zero-order valence-electron chi connectivity index (χ0n) is 14.7. The topological polar surface area (TPSA) is 3.24 Å². The number of hydrogen-bond acceptors (Lipinski definition) is 1. The normalized spacial score (nSPS) is 16.6. The molecule has 1 aliphatic carbocycles. The second kappa shape index (κ2) is 10.9. The van der Waals surface area contributed by atoms with Gasteiger partial charge in [0.15, 0.2) is 0 Å². The second-order valence-corrected chi connectivity index (χ2v) is 11.5. The first-order valence-corrected chi connectivity index (χ1v) is 10.5. The van der Waals surface area contributed by atoms with Crippen molar-refractivity contribution in [3.63, 3.8) is 0 Å². The Labute approximate surface area is 182 Å². The fourth-order valence-corrected chi connectivity index (χ4v) is 8.39. The first kappa shape index (κ1) is 24.9. The fraction of sp³-hybridized carbons (Fsp3) is 0.300. The minimum Gasteiger partial charge on any atom is -1.00 e. The molecule has 25 heavy (non-hydrogen) atoms. The molecule has 0 amide bonds. The van der Waals surface area contributed by atoms with Gasteiger partial charge in [-0.2, -0.15) is 0 Å². The third-order valence-corrected chi connectivity index (χ3v) is 8.98. The van der Waals surface area contributed by atoms with E-state index in [0.29, 0.717) is 6.75 Å². The van der Waals surface area contributed by atoms with Crippen LogP contribution in [0.5, 0.6) is 0 Å². The van der Waals surface area contributed by atoms with E-state index >= 15 is 0 Å². The van der Waals surface area contributed by atoms with Gasteiger partial charge in [0.25, 0.3) is 0 Å². The molecule has 3 rings (SSSR count). The van der Waals surface area contributed by atoms with Gasteiger partial charge in [0.2, 0.25) is 0 Å². The summed E-state index contributed by atoms with van der Waals surface area (Å²) in [6.45, 7) is 3.61. The number of likely N-dealkylation sites (N-methyl/N-ethyl adjacent to an activating group) is 1. The van der Waals surface area contributed by atoms with Crippen molar-refractivity contribution in [3.8, 4) is 0 Å². The summed E-state index contributed by atoms with van der Waals surface area (Å²) in [5.74, 6) is 0. The first-order valence-electron chi connectivity index (χ1n) is 7.83. The number of fused-ring (bicyclic) bond motifs is 1. The maximum atomic E-state index is 2.48. The Morgan fingerprint density at radius 2 is 1.52 bits per heavy atom. The van der Waals surface area contributed by atoms with E-state index in [4.69, 9.17) is 0 Å². The average molecular weight is 475 g/mol. The Bertz CT molecular complexity index is 676. The van der Waals surface area contributed by atoms with E-state index in [1.54, 1.807) is 5.56 Å². The van der Waals surface area contributed by atoms with Crippen LogP contribution in [-0.4, -0.2) is 25.5 Å². The molecule has 0 spiro atoms. The molecular formula is C20H23Cl3NZr. The van der Waals surface area contributed by atoms with Gasteiger partial charge < -0.3 is 37.2 Å². The third kappa shape index (κ3) is 5.94. The predicted octanol–water partition coefficient (Wildman–Crippen LogP) is -4.67. The summed E-state index contributed by atoms with van der Waals surface area (Å²) < 4.78 is 1.01. The fourth-order valence-electron chi connectivity index (χ4n) is 3.38. The number of benzene rings is 2. The molecule has 0 radical (unpaired) electrons. The van der Waals surface area contributed by atoms with E-state index in [9.17, 15) is 0 Å². The quantitative estimate of drug-likeness (QED) is 0.421. The van der Waals surface area contributed by atoms with Crippen molar-refractivity contribution in [2.75, 3.05) is 20.6 Å². The smallest absolute Gasteiger partial charge is 1.00 e. The predicted molar refractivity (Wildman–Crippen MR) is 90.6 cm³/mol. The molecular weight excluding hydrogens is 452 g/mol. The number of hydrogen-bond donors (Lipinski definition) is 0. The van der Waals surface area contributed by atoms with E-state index < -0.39 is 23.2 Å². The van der Waals surface area contributed by atoms with Crippen molar-refractivity contribution in [1.29, 1.82) is 0 Å². The van der Waals surface area contributed by atoms with E-state index in [-0.39, 0.29) is 37.2 Å². The van der Waals surface area contributed by atoms with Gasteiger partial charge in [0.1, 0.15) is 0 Å². The van der Waals surface area contributed by atoms with Gasteiger partial charge in [-0.05, 0) is 0 Å². The second-order valence-electron chi connectivity index (χ2n) is 6.55. The van der Waals surface area contributed by atoms with E-state index in [2.05, 4.69) is 92.7 Å². The Morgan fingerprint density at radius 1 is 0.920 bits per heavy atom. The zero-order valence-corrected chi connectivity index (χ0v) is 19.4. The largest absolute Gasteiger partial charge is 1.00 e. The van der Waals surface area contributed by atoms with Crippen LogP contribution in [0.3, 0.4) is 0 Å². The van der Waals surface area contributed by atoms with Crippen molar-refractivity contribution in [2.24, 2.45) is 0 Å². The molecule has 0 aliphatic heterocycles. The Morgan fingerprint density at radius 3 is 2.16 bits per heavy atom. The third-order valence-electron chi connectivity index (χ3n) is 4.32. The number of rotatable bonds is 5. The molecule has 0 saturated carbocycles. The van der Waals surface area contributed by atoms with Crippen molar-refractivity contribution in [2.45, 2.75) is 13.7 Å². The van der Waals surface area contributed by atoms with Crippen molar-refractivity contribution in [3.05, 3.63) is 77.4 Å². The van der Waals surface area contributed by atoms with Crippen molar-refractivity contribution < 1.29 is 60.5 Å². The van der Waals surface area contributed by atoms with Crippen LogP contribution in [0.2, 0.25) is 0 Å². The molecule has 0 saturated heterocycles. The van der Waals surface area contributed by atoms with Gasteiger partial charge in [-0.3, -0.25) is 0 Å². The molecule has 2 aromatic carbocycles. The summed E-state index contributed by atoms with van der Waals surface area (Å²) in [6, 6.07) is 20.0. The first-order chi connectivity index (χ1) is 10.6. The monoisotopic (exact) mass is 472 g/mol. The molecule has 2 atom stereocenters. The Kier molecular flexibility index (Phi) is 10.9. The molecule has 1 aliphatic rings. The van der Waals surface area contributed by atoms with Gasteiger partial charge in [-0.1, -0.05) is 0 Å². The van der Waals surface area contributed by atoms with Crippen LogP contribution < -0.4 is 37.2 Å². The van der Waals surface area contributed by atoms with Crippen LogP contribution >= 0.6 is 0 Å². The summed E-state index contributed by atoms with van der Waals surface area (Å²) in [6.07, 6.45) is 4.77. The van der Waals surface area contributed by atoms with Gasteiger partial charge >= 0.3 is 146 Å². The van der Waals surface area contributed by atoms with Crippen molar-refractivity contribution >= 4 is 6.08 Å². The van der Waals surface area contributed by atoms with Crippen LogP contribution in [0.25, 0.3) is 6.08 Å². The molecule has 2 unspecified atom stereocenters. The molecule has 5 heteroatoms. The molecule has 0 N–H and O–H groups in total. The summed E-state index contributed by atoms with van der Waals surface area (Å²) in [7, 11) is 4.39. The maximum Gasteiger partial charge on any atom is -1.00 e.